The van der Waals surface area contributed by atoms with Crippen molar-refractivity contribution in [2.75, 3.05) is 6.54 Å². The van der Waals surface area contributed by atoms with Crippen molar-refractivity contribution in [2.45, 2.75) is 40.3 Å². The van der Waals surface area contributed by atoms with Crippen molar-refractivity contribution in [2.24, 2.45) is 18.4 Å². The van der Waals surface area contributed by atoms with Crippen LogP contribution >= 0.6 is 0 Å². The molecule has 134 valence electrons. The first kappa shape index (κ1) is 19.2. The lowest BCUT2D eigenvalue weighted by Crippen LogP contribution is -2.41. The Bertz CT molecular complexity index is 738. The molecule has 0 spiro atoms. The first-order chi connectivity index (χ1) is 11.7. The molecule has 0 radical (unpaired) electrons. The number of hydrogen-bond acceptors (Lipinski definition) is 4. The topological polar surface area (TPSA) is 73.9 Å². The number of benzene rings is 1. The van der Waals surface area contributed by atoms with E-state index in [1.54, 1.807) is 4.68 Å². The van der Waals surface area contributed by atoms with Crippen LogP contribution in [0.4, 0.5) is 0 Å². The van der Waals surface area contributed by atoms with Gasteiger partial charge in [0.15, 0.2) is 0 Å². The molecule has 0 fully saturated rings. The molecule has 2 N–H and O–H groups in total. The van der Waals surface area contributed by atoms with Crippen LogP contribution in [0.25, 0.3) is 11.3 Å². The van der Waals surface area contributed by atoms with Crippen molar-refractivity contribution < 1.29 is 5.11 Å². The smallest absolute Gasteiger partial charge is 0.0991 e. The van der Waals surface area contributed by atoms with Crippen molar-refractivity contribution in [3.8, 4) is 17.3 Å². The molecule has 5 nitrogen and oxygen atoms in total. The fourth-order valence-corrected chi connectivity index (χ4v) is 3.14. The molecule has 0 bridgehead atoms. The summed E-state index contributed by atoms with van der Waals surface area (Å²) in [5.41, 5.74) is 3.45. The van der Waals surface area contributed by atoms with E-state index in [2.05, 4.69) is 30.3 Å². The Hall–Kier alpha value is -2.16. The van der Waals surface area contributed by atoms with Gasteiger partial charge in [0.05, 0.1) is 23.4 Å². The fraction of sp³-hybridized carbons (Fsp3) is 0.500. The summed E-state index contributed by atoms with van der Waals surface area (Å²) >= 11 is 0. The highest BCUT2D eigenvalue weighted by molar-refractivity contribution is 5.63. The van der Waals surface area contributed by atoms with Gasteiger partial charge in [-0.15, -0.1) is 0 Å². The van der Waals surface area contributed by atoms with E-state index in [0.717, 1.165) is 16.8 Å². The normalized spacial score (nSPS) is 13.0. The van der Waals surface area contributed by atoms with Gasteiger partial charge in [0, 0.05) is 42.9 Å². The van der Waals surface area contributed by atoms with Gasteiger partial charge in [-0.25, -0.2) is 0 Å². The van der Waals surface area contributed by atoms with Crippen LogP contribution < -0.4 is 5.32 Å². The summed E-state index contributed by atoms with van der Waals surface area (Å²) in [5.74, 6) is 0.226. The molecule has 2 rings (SSSR count). The van der Waals surface area contributed by atoms with E-state index in [0.29, 0.717) is 18.7 Å². The summed E-state index contributed by atoms with van der Waals surface area (Å²) in [7, 11) is 1.91. The maximum Gasteiger partial charge on any atom is 0.0991 e. The van der Waals surface area contributed by atoms with E-state index in [1.807, 2.05) is 51.4 Å². The maximum atomic E-state index is 10.4. The predicted octanol–water partition coefficient (Wildman–Crippen LogP) is 3.09. The summed E-state index contributed by atoms with van der Waals surface area (Å²) < 4.78 is 1.80. The van der Waals surface area contributed by atoms with E-state index in [4.69, 9.17) is 5.26 Å². The van der Waals surface area contributed by atoms with Gasteiger partial charge in [0.1, 0.15) is 0 Å². The van der Waals surface area contributed by atoms with Gasteiger partial charge in [0.25, 0.3) is 0 Å². The minimum absolute atomic E-state index is 0.203. The van der Waals surface area contributed by atoms with Crippen LogP contribution in [0.2, 0.25) is 0 Å². The van der Waals surface area contributed by atoms with Crippen LogP contribution in [0, 0.1) is 22.7 Å². The largest absolute Gasteiger partial charge is 0.392 e. The zero-order valence-electron chi connectivity index (χ0n) is 15.7. The van der Waals surface area contributed by atoms with E-state index < -0.39 is 0 Å². The summed E-state index contributed by atoms with van der Waals surface area (Å²) in [6.45, 7) is 9.63. The van der Waals surface area contributed by atoms with Crippen molar-refractivity contribution in [3.05, 3.63) is 41.6 Å². The molecule has 1 unspecified atom stereocenters. The SMILES string of the molecule is CC(C)C(O)C(C)(C)CNCc1cn(C)nc1-c1ccc(C#N)cc1. The Morgan fingerprint density at radius 2 is 1.92 bits per heavy atom. The number of rotatable bonds is 7. The maximum absolute atomic E-state index is 10.4. The molecule has 1 aromatic heterocycles. The molecule has 1 aromatic carbocycles. The van der Waals surface area contributed by atoms with Crippen molar-refractivity contribution in [3.63, 3.8) is 0 Å². The zero-order chi connectivity index (χ0) is 18.6. The summed E-state index contributed by atoms with van der Waals surface area (Å²) in [5, 5.41) is 27.3. The van der Waals surface area contributed by atoms with Gasteiger partial charge in [-0.05, 0) is 18.1 Å². The van der Waals surface area contributed by atoms with Crippen LogP contribution in [0.3, 0.4) is 0 Å². The quantitative estimate of drug-likeness (QED) is 0.812. The van der Waals surface area contributed by atoms with Crippen molar-refractivity contribution in [1.29, 1.82) is 5.26 Å². The zero-order valence-corrected chi connectivity index (χ0v) is 15.7. The minimum atomic E-state index is -0.355. The molecule has 1 atom stereocenters. The lowest BCUT2D eigenvalue weighted by Gasteiger charge is -2.33. The van der Waals surface area contributed by atoms with Crippen LogP contribution in [0.5, 0.6) is 0 Å². The van der Waals surface area contributed by atoms with E-state index >= 15 is 0 Å². The standard InChI is InChI=1S/C20H28N4O/c1-14(2)19(25)20(3,4)13-22-11-17-12-24(5)23-18(17)16-8-6-15(10-21)7-9-16/h6-9,12,14,19,22,25H,11,13H2,1-5H3. The molecular weight excluding hydrogens is 312 g/mol. The third-order valence-corrected chi connectivity index (χ3v) is 4.52. The second-order valence-electron chi connectivity index (χ2n) is 7.65. The Kier molecular flexibility index (Phi) is 5.99. The Morgan fingerprint density at radius 1 is 1.28 bits per heavy atom. The van der Waals surface area contributed by atoms with Gasteiger partial charge < -0.3 is 10.4 Å². The fourth-order valence-electron chi connectivity index (χ4n) is 3.14. The van der Waals surface area contributed by atoms with E-state index in [9.17, 15) is 5.11 Å². The highest BCUT2D eigenvalue weighted by Gasteiger charge is 2.29. The third-order valence-electron chi connectivity index (χ3n) is 4.52. The monoisotopic (exact) mass is 340 g/mol. The molecule has 0 saturated heterocycles. The van der Waals surface area contributed by atoms with Crippen LogP contribution in [0.15, 0.2) is 30.5 Å². The van der Waals surface area contributed by atoms with Crippen LogP contribution in [0.1, 0.15) is 38.8 Å². The average molecular weight is 340 g/mol. The molecule has 1 heterocycles. The molecule has 0 amide bonds. The Labute approximate surface area is 150 Å². The molecule has 0 aliphatic heterocycles. The number of nitrogens with zero attached hydrogens (tertiary/aromatic N) is 3. The van der Waals surface area contributed by atoms with Crippen LogP contribution in [-0.4, -0.2) is 27.5 Å². The number of nitrogens with one attached hydrogen (secondary N) is 1. The van der Waals surface area contributed by atoms with E-state index in [1.165, 1.54) is 0 Å². The van der Waals surface area contributed by atoms with Gasteiger partial charge in [-0.2, -0.15) is 10.4 Å². The number of hydrogen-bond donors (Lipinski definition) is 2. The molecule has 25 heavy (non-hydrogen) atoms. The number of aliphatic hydroxyl groups excluding tert-OH is 1. The second kappa shape index (κ2) is 7.81. The van der Waals surface area contributed by atoms with Gasteiger partial charge in [-0.1, -0.05) is 39.8 Å². The molecule has 0 aliphatic rings. The summed E-state index contributed by atoms with van der Waals surface area (Å²) in [6, 6.07) is 9.61. The van der Waals surface area contributed by atoms with Crippen molar-refractivity contribution in [1.82, 2.24) is 15.1 Å². The molecule has 0 saturated carbocycles. The lowest BCUT2D eigenvalue weighted by molar-refractivity contribution is 0.0134. The minimum Gasteiger partial charge on any atom is -0.392 e. The number of aliphatic hydroxyl groups is 1. The summed E-state index contributed by atoms with van der Waals surface area (Å²) in [4.78, 5) is 0. The highest BCUT2D eigenvalue weighted by Crippen LogP contribution is 2.26. The Morgan fingerprint density at radius 3 is 2.48 bits per heavy atom. The third kappa shape index (κ3) is 4.68. The Balaban J connectivity index is 2.09. The number of aryl methyl sites for hydroxylation is 1. The van der Waals surface area contributed by atoms with Crippen molar-refractivity contribution >= 4 is 0 Å². The van der Waals surface area contributed by atoms with E-state index in [-0.39, 0.29) is 17.4 Å². The molecular formula is C20H28N4O. The molecule has 2 aromatic rings. The second-order valence-corrected chi connectivity index (χ2v) is 7.65. The number of nitriles is 1. The average Bonchev–Trinajstić information content (AvgIpc) is 2.94. The highest BCUT2D eigenvalue weighted by atomic mass is 16.3. The van der Waals surface area contributed by atoms with Gasteiger partial charge in [-0.3, -0.25) is 4.68 Å². The first-order valence-corrected chi connectivity index (χ1v) is 8.66. The predicted molar refractivity (Wildman–Crippen MR) is 99.7 cm³/mol. The number of aromatic nitrogens is 2. The molecule has 5 heteroatoms. The molecule has 0 aliphatic carbocycles. The summed E-state index contributed by atoms with van der Waals surface area (Å²) in [6.07, 6.45) is 1.65. The van der Waals surface area contributed by atoms with Gasteiger partial charge >= 0.3 is 0 Å². The first-order valence-electron chi connectivity index (χ1n) is 8.66. The lowest BCUT2D eigenvalue weighted by atomic mass is 9.80. The van der Waals surface area contributed by atoms with Crippen LogP contribution in [-0.2, 0) is 13.6 Å². The van der Waals surface area contributed by atoms with Gasteiger partial charge in [0.2, 0.25) is 0 Å².